The van der Waals surface area contributed by atoms with E-state index in [1.54, 1.807) is 9.80 Å². The highest BCUT2D eigenvalue weighted by Crippen LogP contribution is 2.39. The highest BCUT2D eigenvalue weighted by atomic mass is 16.3. The van der Waals surface area contributed by atoms with Gasteiger partial charge < -0.3 is 25.7 Å². The van der Waals surface area contributed by atoms with Crippen LogP contribution in [0.15, 0.2) is 0 Å². The van der Waals surface area contributed by atoms with Crippen LogP contribution in [0.1, 0.15) is 39.5 Å². The van der Waals surface area contributed by atoms with Crippen LogP contribution < -0.4 is 5.73 Å². The lowest BCUT2D eigenvalue weighted by molar-refractivity contribution is -0.168. The minimum Gasteiger partial charge on any atom is -0.393 e. The number of nitrogens with zero attached hydrogens (tertiary/aromatic N) is 2. The predicted octanol–water partition coefficient (Wildman–Crippen LogP) is -1.17. The molecule has 2 heterocycles. The van der Waals surface area contributed by atoms with Crippen LogP contribution in [0.5, 0.6) is 0 Å². The van der Waals surface area contributed by atoms with Gasteiger partial charge in [0.2, 0.25) is 11.8 Å². The van der Waals surface area contributed by atoms with E-state index < -0.39 is 29.6 Å². The van der Waals surface area contributed by atoms with Crippen molar-refractivity contribution < 1.29 is 24.6 Å². The number of amides is 3. The number of β-lactam (4-membered cyclic amide) rings is 1. The third kappa shape index (κ3) is 3.39. The molecule has 0 aliphatic carbocycles. The van der Waals surface area contributed by atoms with Crippen LogP contribution in [0.3, 0.4) is 0 Å². The van der Waals surface area contributed by atoms with E-state index in [0.717, 1.165) is 6.42 Å². The first-order chi connectivity index (χ1) is 11.2. The summed E-state index contributed by atoms with van der Waals surface area (Å²) in [5.74, 6) is -1.51. The molecule has 2 fully saturated rings. The first-order valence-electron chi connectivity index (χ1n) is 8.42. The molecular weight excluding hydrogens is 314 g/mol. The third-order valence-corrected chi connectivity index (χ3v) is 5.20. The van der Waals surface area contributed by atoms with Gasteiger partial charge in [-0.2, -0.15) is 0 Å². The maximum Gasteiger partial charge on any atom is 0.250 e. The maximum absolute atomic E-state index is 12.5. The molecule has 0 saturated carbocycles. The minimum absolute atomic E-state index is 0.0951. The predicted molar refractivity (Wildman–Crippen MR) is 85.5 cm³/mol. The number of primary amides is 1. The van der Waals surface area contributed by atoms with E-state index in [-0.39, 0.29) is 31.2 Å². The number of carbonyl (C=O) groups excluding carboxylic acids is 3. The van der Waals surface area contributed by atoms with Crippen molar-refractivity contribution in [1.82, 2.24) is 9.80 Å². The van der Waals surface area contributed by atoms with Gasteiger partial charge in [0.1, 0.15) is 5.54 Å². The summed E-state index contributed by atoms with van der Waals surface area (Å²) in [5.41, 5.74) is 4.52. The third-order valence-electron chi connectivity index (χ3n) is 5.20. The quantitative estimate of drug-likeness (QED) is 0.504. The Bertz CT molecular complexity index is 524. The van der Waals surface area contributed by atoms with Crippen LogP contribution in [0.25, 0.3) is 0 Å². The molecule has 2 unspecified atom stereocenters. The summed E-state index contributed by atoms with van der Waals surface area (Å²) in [5, 5.41) is 19.6. The van der Waals surface area contributed by atoms with Crippen molar-refractivity contribution in [3.63, 3.8) is 0 Å². The highest BCUT2D eigenvalue weighted by molar-refractivity contribution is 5.96. The number of hydrogen-bond acceptors (Lipinski definition) is 5. The molecule has 136 valence electrons. The van der Waals surface area contributed by atoms with Crippen LogP contribution in [-0.4, -0.2) is 75.1 Å². The monoisotopic (exact) mass is 341 g/mol. The van der Waals surface area contributed by atoms with Crippen molar-refractivity contribution in [2.24, 2.45) is 11.7 Å². The molecule has 2 saturated heterocycles. The molecule has 8 heteroatoms. The van der Waals surface area contributed by atoms with Crippen LogP contribution in [0.2, 0.25) is 0 Å². The normalized spacial score (nSPS) is 27.1. The summed E-state index contributed by atoms with van der Waals surface area (Å²) in [6.07, 6.45) is 0.359. The Kier molecular flexibility index (Phi) is 5.49. The molecule has 2 rings (SSSR count). The van der Waals surface area contributed by atoms with Gasteiger partial charge in [-0.15, -0.1) is 0 Å². The summed E-state index contributed by atoms with van der Waals surface area (Å²) >= 11 is 0. The first kappa shape index (κ1) is 18.7. The fourth-order valence-corrected chi connectivity index (χ4v) is 3.87. The van der Waals surface area contributed by atoms with E-state index in [1.807, 2.05) is 0 Å². The molecule has 0 aromatic rings. The molecular formula is C16H27N3O5. The Morgan fingerprint density at radius 2 is 2.00 bits per heavy atom. The number of nitrogens with two attached hydrogens (primary N) is 1. The summed E-state index contributed by atoms with van der Waals surface area (Å²) in [7, 11) is 0. The Labute approximate surface area is 141 Å². The van der Waals surface area contributed by atoms with Gasteiger partial charge in [0.25, 0.3) is 5.91 Å². The lowest BCUT2D eigenvalue weighted by atomic mass is 9.85. The van der Waals surface area contributed by atoms with E-state index in [1.165, 1.54) is 13.8 Å². The van der Waals surface area contributed by atoms with Crippen molar-refractivity contribution in [2.45, 2.75) is 57.3 Å². The number of likely N-dealkylation sites (tertiary alicyclic amines) is 2. The van der Waals surface area contributed by atoms with Gasteiger partial charge in [-0.05, 0) is 32.6 Å². The molecule has 8 nitrogen and oxygen atoms in total. The van der Waals surface area contributed by atoms with Crippen molar-refractivity contribution in [1.29, 1.82) is 0 Å². The van der Waals surface area contributed by atoms with Crippen molar-refractivity contribution >= 4 is 17.7 Å². The largest absolute Gasteiger partial charge is 0.393 e. The molecule has 4 atom stereocenters. The Morgan fingerprint density at radius 1 is 1.33 bits per heavy atom. The number of carbonyl (C=O) groups is 3. The zero-order valence-corrected chi connectivity index (χ0v) is 14.3. The number of rotatable bonds is 7. The molecule has 0 aromatic heterocycles. The summed E-state index contributed by atoms with van der Waals surface area (Å²) in [6, 6.07) is 0. The number of β-amino-alcohol motifs (C(OH)–C–C–N with tert-alkyl or cyclic N) is 1. The fraction of sp³-hybridized carbons (Fsp3) is 0.812. The zero-order valence-electron chi connectivity index (χ0n) is 14.3. The number of hydrogen-bond donors (Lipinski definition) is 3. The minimum atomic E-state index is -0.869. The maximum atomic E-state index is 12.5. The Morgan fingerprint density at radius 3 is 2.50 bits per heavy atom. The van der Waals surface area contributed by atoms with Gasteiger partial charge in [-0.1, -0.05) is 0 Å². The van der Waals surface area contributed by atoms with Crippen molar-refractivity contribution in [2.75, 3.05) is 19.6 Å². The lowest BCUT2D eigenvalue weighted by Crippen LogP contribution is -2.73. The molecule has 24 heavy (non-hydrogen) atoms. The second-order valence-electron chi connectivity index (χ2n) is 6.97. The fourth-order valence-electron chi connectivity index (χ4n) is 3.87. The van der Waals surface area contributed by atoms with E-state index in [0.29, 0.717) is 19.5 Å². The summed E-state index contributed by atoms with van der Waals surface area (Å²) in [4.78, 5) is 38.6. The van der Waals surface area contributed by atoms with Crippen LogP contribution in [0.4, 0.5) is 0 Å². The number of aliphatic hydroxyl groups excluding tert-OH is 2. The zero-order chi connectivity index (χ0) is 18.1. The molecule has 3 amide bonds. The van der Waals surface area contributed by atoms with Crippen LogP contribution in [0, 0.1) is 5.92 Å². The van der Waals surface area contributed by atoms with Gasteiger partial charge in [0.15, 0.2) is 0 Å². The highest BCUT2D eigenvalue weighted by Gasteiger charge is 2.58. The van der Waals surface area contributed by atoms with Crippen molar-refractivity contribution in [3.05, 3.63) is 0 Å². The van der Waals surface area contributed by atoms with E-state index in [2.05, 4.69) is 0 Å². The van der Waals surface area contributed by atoms with E-state index in [4.69, 9.17) is 5.73 Å². The van der Waals surface area contributed by atoms with Crippen LogP contribution >= 0.6 is 0 Å². The molecule has 0 bridgehead atoms. The van der Waals surface area contributed by atoms with E-state index in [9.17, 15) is 24.6 Å². The SMILES string of the molecule is CC(=O)N1CCCC12CN(CC(O)CC[C@H](C(N)=O)[C@@H](C)O)C2=O. The second kappa shape index (κ2) is 7.06. The molecule has 2 aliphatic heterocycles. The molecule has 4 N–H and O–H groups in total. The van der Waals surface area contributed by atoms with Gasteiger partial charge in [-0.3, -0.25) is 14.4 Å². The average Bonchev–Trinajstić information content (AvgIpc) is 2.92. The molecule has 1 spiro atoms. The van der Waals surface area contributed by atoms with Crippen molar-refractivity contribution in [3.8, 4) is 0 Å². The average molecular weight is 341 g/mol. The van der Waals surface area contributed by atoms with Crippen LogP contribution in [-0.2, 0) is 14.4 Å². The smallest absolute Gasteiger partial charge is 0.250 e. The molecule has 0 aromatic carbocycles. The Balaban J connectivity index is 1.84. The molecule has 2 aliphatic rings. The second-order valence-corrected chi connectivity index (χ2v) is 6.97. The van der Waals surface area contributed by atoms with Gasteiger partial charge >= 0.3 is 0 Å². The van der Waals surface area contributed by atoms with E-state index >= 15 is 0 Å². The van der Waals surface area contributed by atoms with Gasteiger partial charge in [-0.25, -0.2) is 0 Å². The number of aliphatic hydroxyl groups is 2. The van der Waals surface area contributed by atoms with Gasteiger partial charge in [0.05, 0.1) is 24.7 Å². The lowest BCUT2D eigenvalue weighted by Gasteiger charge is -2.51. The summed E-state index contributed by atoms with van der Waals surface area (Å²) in [6.45, 7) is 4.17. The molecule has 0 radical (unpaired) electrons. The first-order valence-corrected chi connectivity index (χ1v) is 8.42. The topological polar surface area (TPSA) is 124 Å². The standard InChI is InChI=1S/C16H27N3O5/c1-10(20)13(14(17)23)5-4-12(22)8-18-9-16(15(18)24)6-3-7-19(16)11(2)21/h10,12-13,20,22H,3-9H2,1-2H3,(H2,17,23)/t10-,12?,13+,16?/m1/s1. The van der Waals surface area contributed by atoms with Gasteiger partial charge in [0, 0.05) is 20.0 Å². The Hall–Kier alpha value is -1.67. The summed E-state index contributed by atoms with van der Waals surface area (Å²) < 4.78 is 0.